The van der Waals surface area contributed by atoms with Crippen molar-refractivity contribution in [1.82, 2.24) is 9.36 Å². The van der Waals surface area contributed by atoms with E-state index in [-0.39, 0.29) is 16.7 Å². The Morgan fingerprint density at radius 3 is 2.72 bits per heavy atom. The highest BCUT2D eigenvalue weighted by Gasteiger charge is 2.09. The van der Waals surface area contributed by atoms with E-state index in [1.54, 1.807) is 12.1 Å². The van der Waals surface area contributed by atoms with Crippen molar-refractivity contribution in [3.8, 4) is 5.75 Å². The number of aldehydes is 1. The van der Waals surface area contributed by atoms with Crippen LogP contribution in [0.4, 0.5) is 5.13 Å². The van der Waals surface area contributed by atoms with Crippen LogP contribution in [0.15, 0.2) is 29.4 Å². The number of carbonyl (C=O) groups is 1. The van der Waals surface area contributed by atoms with Crippen molar-refractivity contribution in [2.24, 2.45) is 5.16 Å². The van der Waals surface area contributed by atoms with Gasteiger partial charge in [0.05, 0.1) is 0 Å². The molecule has 1 aromatic heterocycles. The van der Waals surface area contributed by atoms with Crippen LogP contribution in [-0.2, 0) is 4.79 Å². The van der Waals surface area contributed by atoms with Crippen molar-refractivity contribution in [3.05, 3.63) is 35.7 Å². The quantitative estimate of drug-likeness (QED) is 0.511. The van der Waals surface area contributed by atoms with Gasteiger partial charge in [0.2, 0.25) is 0 Å². The molecule has 0 aliphatic rings. The van der Waals surface area contributed by atoms with Gasteiger partial charge in [-0.05, 0) is 19.1 Å². The van der Waals surface area contributed by atoms with E-state index in [1.807, 2.05) is 19.1 Å². The summed E-state index contributed by atoms with van der Waals surface area (Å²) >= 11 is 0.993. The van der Waals surface area contributed by atoms with Crippen LogP contribution < -0.4 is 10.6 Å². The van der Waals surface area contributed by atoms with Crippen LogP contribution in [-0.4, -0.2) is 21.4 Å². The van der Waals surface area contributed by atoms with Crippen LogP contribution in [0, 0.1) is 6.92 Å². The third-order valence-electron chi connectivity index (χ3n) is 2.05. The number of hydrogen-bond acceptors (Lipinski definition) is 7. The summed E-state index contributed by atoms with van der Waals surface area (Å²) < 4.78 is 3.88. The number of nitrogens with two attached hydrogens (primary N) is 1. The standard InChI is InChI=1S/C11H10N4O2S/c1-7-2-4-8(5-3-7)17-14-9(6-16)10-13-11(12)18-15-10/h2-6H,1H3,(H2,12,13,15)/b14-9+. The molecule has 0 fully saturated rings. The maximum Gasteiger partial charge on any atom is 0.200 e. The third kappa shape index (κ3) is 2.89. The molecule has 0 saturated carbocycles. The summed E-state index contributed by atoms with van der Waals surface area (Å²) in [5.41, 5.74) is 6.54. The van der Waals surface area contributed by atoms with E-state index >= 15 is 0 Å². The van der Waals surface area contributed by atoms with Gasteiger partial charge in [-0.3, -0.25) is 4.79 Å². The summed E-state index contributed by atoms with van der Waals surface area (Å²) in [6, 6.07) is 7.27. The van der Waals surface area contributed by atoms with E-state index in [0.717, 1.165) is 17.1 Å². The first-order valence-electron chi connectivity index (χ1n) is 5.05. The average Bonchev–Trinajstić information content (AvgIpc) is 2.79. The number of oxime groups is 1. The largest absolute Gasteiger partial charge is 0.374 e. The molecule has 0 radical (unpaired) electrons. The van der Waals surface area contributed by atoms with Gasteiger partial charge in [0.1, 0.15) is 0 Å². The first-order valence-corrected chi connectivity index (χ1v) is 5.83. The molecule has 0 aliphatic carbocycles. The molecule has 0 amide bonds. The summed E-state index contributed by atoms with van der Waals surface area (Å²) in [6.07, 6.45) is 0.523. The lowest BCUT2D eigenvalue weighted by Crippen LogP contribution is -2.07. The lowest BCUT2D eigenvalue weighted by Gasteiger charge is -1.99. The molecule has 2 aromatic rings. The van der Waals surface area contributed by atoms with E-state index in [1.165, 1.54) is 0 Å². The summed E-state index contributed by atoms with van der Waals surface area (Å²) in [5.74, 6) is 0.697. The van der Waals surface area contributed by atoms with Crippen molar-refractivity contribution in [3.63, 3.8) is 0 Å². The molecule has 1 aromatic carbocycles. The van der Waals surface area contributed by atoms with E-state index in [4.69, 9.17) is 10.6 Å². The highest BCUT2D eigenvalue weighted by molar-refractivity contribution is 7.09. The minimum absolute atomic E-state index is 0.00326. The fourth-order valence-corrected chi connectivity index (χ4v) is 1.60. The molecular formula is C11H10N4O2S. The smallest absolute Gasteiger partial charge is 0.200 e. The second-order valence-corrected chi connectivity index (χ2v) is 4.24. The fourth-order valence-electron chi connectivity index (χ4n) is 1.16. The van der Waals surface area contributed by atoms with E-state index in [0.29, 0.717) is 12.0 Å². The molecule has 0 unspecified atom stereocenters. The second-order valence-electron chi connectivity index (χ2n) is 3.45. The van der Waals surface area contributed by atoms with Crippen molar-refractivity contribution in [2.45, 2.75) is 6.92 Å². The zero-order valence-electron chi connectivity index (χ0n) is 9.53. The summed E-state index contributed by atoms with van der Waals surface area (Å²) in [4.78, 5) is 19.8. The van der Waals surface area contributed by atoms with Crippen molar-refractivity contribution >= 4 is 28.7 Å². The Bertz CT molecular complexity index is 577. The summed E-state index contributed by atoms with van der Waals surface area (Å²) in [6.45, 7) is 1.96. The lowest BCUT2D eigenvalue weighted by molar-refractivity contribution is -0.102. The van der Waals surface area contributed by atoms with Gasteiger partial charge in [-0.1, -0.05) is 22.9 Å². The van der Waals surface area contributed by atoms with E-state index in [2.05, 4.69) is 14.5 Å². The summed E-state index contributed by atoms with van der Waals surface area (Å²) in [5, 5.41) is 3.97. The maximum absolute atomic E-state index is 10.9. The van der Waals surface area contributed by atoms with Crippen molar-refractivity contribution in [1.29, 1.82) is 0 Å². The van der Waals surface area contributed by atoms with Crippen LogP contribution in [0.3, 0.4) is 0 Å². The Morgan fingerprint density at radius 2 is 2.17 bits per heavy atom. The molecule has 0 atom stereocenters. The topological polar surface area (TPSA) is 90.5 Å². The molecule has 0 aliphatic heterocycles. The second kappa shape index (κ2) is 5.37. The van der Waals surface area contributed by atoms with E-state index < -0.39 is 0 Å². The minimum atomic E-state index is 0.00326. The number of aromatic nitrogens is 2. The first-order chi connectivity index (χ1) is 8.69. The van der Waals surface area contributed by atoms with Gasteiger partial charge in [-0.25, -0.2) is 0 Å². The van der Waals surface area contributed by atoms with Gasteiger partial charge in [0.15, 0.2) is 28.7 Å². The zero-order valence-corrected chi connectivity index (χ0v) is 10.3. The van der Waals surface area contributed by atoms with Gasteiger partial charge in [-0.2, -0.15) is 9.36 Å². The molecule has 18 heavy (non-hydrogen) atoms. The highest BCUT2D eigenvalue weighted by atomic mass is 32.1. The van der Waals surface area contributed by atoms with Crippen LogP contribution in [0.2, 0.25) is 0 Å². The predicted molar refractivity (Wildman–Crippen MR) is 68.7 cm³/mol. The minimum Gasteiger partial charge on any atom is -0.374 e. The van der Waals surface area contributed by atoms with Crippen molar-refractivity contribution < 1.29 is 9.63 Å². The molecular weight excluding hydrogens is 252 g/mol. The molecule has 1 heterocycles. The van der Waals surface area contributed by atoms with Gasteiger partial charge in [0, 0.05) is 11.5 Å². The Hall–Kier alpha value is -2.28. The predicted octanol–water partition coefficient (Wildman–Crippen LogP) is 1.41. The van der Waals surface area contributed by atoms with Crippen LogP contribution in [0.5, 0.6) is 5.75 Å². The molecule has 92 valence electrons. The maximum atomic E-state index is 10.9. The number of nitrogen functional groups attached to an aromatic ring is 1. The van der Waals surface area contributed by atoms with Gasteiger partial charge in [0.25, 0.3) is 0 Å². The van der Waals surface area contributed by atoms with Crippen LogP contribution in [0.1, 0.15) is 11.4 Å². The molecule has 2 N–H and O–H groups in total. The fraction of sp³-hybridized carbons (Fsp3) is 0.0909. The Kier molecular flexibility index (Phi) is 3.63. The van der Waals surface area contributed by atoms with Crippen molar-refractivity contribution in [2.75, 3.05) is 5.73 Å². The van der Waals surface area contributed by atoms with Gasteiger partial charge in [-0.15, -0.1) is 0 Å². The van der Waals surface area contributed by atoms with Gasteiger partial charge >= 0.3 is 0 Å². The third-order valence-corrected chi connectivity index (χ3v) is 2.60. The molecule has 0 bridgehead atoms. The number of anilines is 1. The molecule has 7 heteroatoms. The zero-order chi connectivity index (χ0) is 13.0. The molecule has 2 rings (SSSR count). The average molecular weight is 262 g/mol. The van der Waals surface area contributed by atoms with Crippen LogP contribution >= 0.6 is 11.5 Å². The number of rotatable bonds is 4. The molecule has 0 saturated heterocycles. The lowest BCUT2D eigenvalue weighted by atomic mass is 10.2. The Labute approximate surface area is 107 Å². The summed E-state index contributed by atoms with van der Waals surface area (Å²) in [7, 11) is 0. The molecule has 6 nitrogen and oxygen atoms in total. The normalized spacial score (nSPS) is 11.3. The number of aryl methyl sites for hydroxylation is 1. The first kappa shape index (κ1) is 12.2. The number of hydrogen-bond donors (Lipinski definition) is 1. The Balaban J connectivity index is 2.15. The number of benzene rings is 1. The van der Waals surface area contributed by atoms with Gasteiger partial charge < -0.3 is 10.6 Å². The molecule has 0 spiro atoms. The van der Waals surface area contributed by atoms with E-state index in [9.17, 15) is 4.79 Å². The van der Waals surface area contributed by atoms with Crippen LogP contribution in [0.25, 0.3) is 0 Å². The monoisotopic (exact) mass is 262 g/mol. The Morgan fingerprint density at radius 1 is 1.44 bits per heavy atom. The number of carbonyl (C=O) groups excluding carboxylic acids is 1. The SMILES string of the molecule is Cc1ccc(O/N=C(\C=O)c2nsc(N)n2)cc1. The highest BCUT2D eigenvalue weighted by Crippen LogP contribution is 2.12. The number of nitrogens with zero attached hydrogens (tertiary/aromatic N) is 3.